The summed E-state index contributed by atoms with van der Waals surface area (Å²) in [5.74, 6) is 0.602. The second-order valence-corrected chi connectivity index (χ2v) is 5.68. The number of hydrogen-bond acceptors (Lipinski definition) is 2. The number of Topliss-reactive ketones (excluding diaryl/α,β-unsaturated/α-hetero) is 1. The molecule has 0 radical (unpaired) electrons. The van der Waals surface area contributed by atoms with Gasteiger partial charge >= 0.3 is 0 Å². The molecule has 18 heavy (non-hydrogen) atoms. The normalized spacial score (nSPS) is 20.9. The Morgan fingerprint density at radius 1 is 1.28 bits per heavy atom. The zero-order chi connectivity index (χ0) is 13.1. The van der Waals surface area contributed by atoms with Crippen LogP contribution in [0.2, 0.25) is 0 Å². The summed E-state index contributed by atoms with van der Waals surface area (Å²) in [6.07, 6.45) is 2.22. The zero-order valence-electron chi connectivity index (χ0n) is 11.7. The number of nitrogens with zero attached hydrogens (tertiary/aromatic N) is 1. The van der Waals surface area contributed by atoms with E-state index >= 15 is 0 Å². The van der Waals surface area contributed by atoms with E-state index in [9.17, 15) is 4.79 Å². The first kappa shape index (κ1) is 13.3. The van der Waals surface area contributed by atoms with Crippen molar-refractivity contribution < 1.29 is 4.79 Å². The maximum atomic E-state index is 11.5. The predicted molar refractivity (Wildman–Crippen MR) is 74.6 cm³/mol. The Hall–Kier alpha value is -1.15. The summed E-state index contributed by atoms with van der Waals surface area (Å²) in [6, 6.07) is 6.72. The van der Waals surface area contributed by atoms with E-state index in [0.717, 1.165) is 32.5 Å². The van der Waals surface area contributed by atoms with Crippen LogP contribution >= 0.6 is 0 Å². The number of carbonyl (C=O) groups excluding carboxylic acids is 1. The molecule has 0 bridgehead atoms. The average Bonchev–Trinajstić information content (AvgIpc) is 2.27. The molecule has 1 aromatic rings. The lowest BCUT2D eigenvalue weighted by atomic mass is 9.94. The SMILES string of the molecule is CC(=O)C1CCCN(Cc2cc(C)cc(C)c2)C1. The lowest BCUT2D eigenvalue weighted by Gasteiger charge is -2.31. The molecule has 0 N–H and O–H groups in total. The smallest absolute Gasteiger partial charge is 0.134 e. The highest BCUT2D eigenvalue weighted by molar-refractivity contribution is 5.78. The Morgan fingerprint density at radius 3 is 2.56 bits per heavy atom. The third-order valence-corrected chi connectivity index (χ3v) is 3.77. The lowest BCUT2D eigenvalue weighted by molar-refractivity contribution is -0.122. The lowest BCUT2D eigenvalue weighted by Crippen LogP contribution is -2.37. The van der Waals surface area contributed by atoms with Gasteiger partial charge in [0.05, 0.1) is 0 Å². The van der Waals surface area contributed by atoms with Crippen molar-refractivity contribution in [3.05, 3.63) is 34.9 Å². The van der Waals surface area contributed by atoms with Gasteiger partial charge in [0.25, 0.3) is 0 Å². The van der Waals surface area contributed by atoms with Crippen molar-refractivity contribution in [3.8, 4) is 0 Å². The molecule has 0 saturated carbocycles. The van der Waals surface area contributed by atoms with Crippen LogP contribution in [-0.2, 0) is 11.3 Å². The first-order valence-corrected chi connectivity index (χ1v) is 6.84. The molecular formula is C16H23NO. The van der Waals surface area contributed by atoms with E-state index in [1.807, 2.05) is 0 Å². The van der Waals surface area contributed by atoms with E-state index in [4.69, 9.17) is 0 Å². The van der Waals surface area contributed by atoms with Crippen LogP contribution in [0.25, 0.3) is 0 Å². The van der Waals surface area contributed by atoms with Gasteiger partial charge in [-0.3, -0.25) is 9.69 Å². The largest absolute Gasteiger partial charge is 0.300 e. The first-order chi connectivity index (χ1) is 8.54. The first-order valence-electron chi connectivity index (χ1n) is 6.84. The third-order valence-electron chi connectivity index (χ3n) is 3.77. The molecular weight excluding hydrogens is 222 g/mol. The van der Waals surface area contributed by atoms with Crippen LogP contribution in [0.5, 0.6) is 0 Å². The van der Waals surface area contributed by atoms with Gasteiger partial charge in [0, 0.05) is 19.0 Å². The maximum Gasteiger partial charge on any atom is 0.134 e. The Balaban J connectivity index is 2.02. The Labute approximate surface area is 110 Å². The highest BCUT2D eigenvalue weighted by Gasteiger charge is 2.22. The second kappa shape index (κ2) is 5.66. The molecule has 1 aromatic carbocycles. The molecule has 0 aliphatic carbocycles. The van der Waals surface area contributed by atoms with Crippen molar-refractivity contribution in [1.82, 2.24) is 4.90 Å². The molecule has 0 aromatic heterocycles. The van der Waals surface area contributed by atoms with Gasteiger partial charge in [-0.25, -0.2) is 0 Å². The van der Waals surface area contributed by atoms with E-state index in [2.05, 4.69) is 36.9 Å². The number of rotatable bonds is 3. The molecule has 0 spiro atoms. The van der Waals surface area contributed by atoms with E-state index in [-0.39, 0.29) is 5.92 Å². The number of likely N-dealkylation sites (tertiary alicyclic amines) is 1. The number of benzene rings is 1. The minimum absolute atomic E-state index is 0.254. The van der Waals surface area contributed by atoms with E-state index < -0.39 is 0 Å². The van der Waals surface area contributed by atoms with Gasteiger partial charge in [0.15, 0.2) is 0 Å². The van der Waals surface area contributed by atoms with Gasteiger partial charge in [-0.15, -0.1) is 0 Å². The van der Waals surface area contributed by atoms with Crippen molar-refractivity contribution in [2.75, 3.05) is 13.1 Å². The number of carbonyl (C=O) groups is 1. The molecule has 1 aliphatic heterocycles. The Kier molecular flexibility index (Phi) is 4.18. The van der Waals surface area contributed by atoms with Gasteiger partial charge in [0.2, 0.25) is 0 Å². The van der Waals surface area contributed by atoms with Crippen molar-refractivity contribution in [1.29, 1.82) is 0 Å². The minimum atomic E-state index is 0.254. The van der Waals surface area contributed by atoms with Crippen LogP contribution in [0, 0.1) is 19.8 Å². The molecule has 98 valence electrons. The Bertz CT molecular complexity index is 418. The molecule has 2 rings (SSSR count). The molecule has 0 amide bonds. The number of ketones is 1. The van der Waals surface area contributed by atoms with Gasteiger partial charge < -0.3 is 0 Å². The van der Waals surface area contributed by atoms with Crippen molar-refractivity contribution in [2.45, 2.75) is 40.2 Å². The van der Waals surface area contributed by atoms with Gasteiger partial charge in [-0.1, -0.05) is 29.3 Å². The van der Waals surface area contributed by atoms with Gasteiger partial charge in [-0.2, -0.15) is 0 Å². The molecule has 1 aliphatic rings. The molecule has 2 nitrogen and oxygen atoms in total. The molecule has 1 atom stereocenters. The average molecular weight is 245 g/mol. The molecule has 1 saturated heterocycles. The Morgan fingerprint density at radius 2 is 1.94 bits per heavy atom. The molecule has 2 heteroatoms. The van der Waals surface area contributed by atoms with Gasteiger partial charge in [-0.05, 0) is 45.7 Å². The highest BCUT2D eigenvalue weighted by atomic mass is 16.1. The van der Waals surface area contributed by atoms with Gasteiger partial charge in [0.1, 0.15) is 5.78 Å². The van der Waals surface area contributed by atoms with Crippen LogP contribution in [-0.4, -0.2) is 23.8 Å². The fraction of sp³-hybridized carbons (Fsp3) is 0.562. The van der Waals surface area contributed by atoms with Crippen LogP contribution in [0.4, 0.5) is 0 Å². The summed E-state index contributed by atoms with van der Waals surface area (Å²) >= 11 is 0. The standard InChI is InChI=1S/C16H23NO/c1-12-7-13(2)9-15(8-12)10-17-6-4-5-16(11-17)14(3)18/h7-9,16H,4-6,10-11H2,1-3H3. The van der Waals surface area contributed by atoms with Crippen LogP contribution < -0.4 is 0 Å². The van der Waals surface area contributed by atoms with Crippen molar-refractivity contribution in [2.24, 2.45) is 5.92 Å². The summed E-state index contributed by atoms with van der Waals surface area (Å²) in [6.45, 7) is 9.05. The van der Waals surface area contributed by atoms with E-state index in [1.165, 1.54) is 16.7 Å². The molecule has 1 unspecified atom stereocenters. The van der Waals surface area contributed by atoms with Crippen LogP contribution in [0.15, 0.2) is 18.2 Å². The minimum Gasteiger partial charge on any atom is -0.300 e. The summed E-state index contributed by atoms with van der Waals surface area (Å²) in [4.78, 5) is 13.9. The fourth-order valence-electron chi connectivity index (χ4n) is 2.95. The van der Waals surface area contributed by atoms with Crippen LogP contribution in [0.1, 0.15) is 36.5 Å². The summed E-state index contributed by atoms with van der Waals surface area (Å²) in [5.41, 5.74) is 4.02. The highest BCUT2D eigenvalue weighted by Crippen LogP contribution is 2.20. The number of aryl methyl sites for hydroxylation is 2. The van der Waals surface area contributed by atoms with E-state index in [0.29, 0.717) is 5.78 Å². The monoisotopic (exact) mass is 245 g/mol. The number of hydrogen-bond donors (Lipinski definition) is 0. The quantitative estimate of drug-likeness (QED) is 0.815. The summed E-state index contributed by atoms with van der Waals surface area (Å²) < 4.78 is 0. The van der Waals surface area contributed by atoms with Crippen LogP contribution in [0.3, 0.4) is 0 Å². The second-order valence-electron chi connectivity index (χ2n) is 5.68. The maximum absolute atomic E-state index is 11.5. The summed E-state index contributed by atoms with van der Waals surface area (Å²) in [7, 11) is 0. The zero-order valence-corrected chi connectivity index (χ0v) is 11.7. The predicted octanol–water partition coefficient (Wildman–Crippen LogP) is 3.10. The molecule has 1 fully saturated rings. The topological polar surface area (TPSA) is 20.3 Å². The summed E-state index contributed by atoms with van der Waals surface area (Å²) in [5, 5.41) is 0. The van der Waals surface area contributed by atoms with Crippen molar-refractivity contribution >= 4 is 5.78 Å². The molecule has 1 heterocycles. The fourth-order valence-corrected chi connectivity index (χ4v) is 2.95. The third kappa shape index (κ3) is 3.42. The number of piperidine rings is 1. The van der Waals surface area contributed by atoms with Crippen molar-refractivity contribution in [3.63, 3.8) is 0 Å². The van der Waals surface area contributed by atoms with E-state index in [1.54, 1.807) is 6.92 Å².